The van der Waals surface area contributed by atoms with Gasteiger partial charge >= 0.3 is 0 Å². The van der Waals surface area contributed by atoms with Gasteiger partial charge in [-0.3, -0.25) is 4.79 Å². The van der Waals surface area contributed by atoms with Crippen LogP contribution in [0.4, 0.5) is 4.39 Å². The van der Waals surface area contributed by atoms with E-state index in [4.69, 9.17) is 16.1 Å². The summed E-state index contributed by atoms with van der Waals surface area (Å²) in [6.07, 6.45) is 1.83. The van der Waals surface area contributed by atoms with Gasteiger partial charge in [0.1, 0.15) is 11.6 Å². The number of nitrogens with zero attached hydrogens (tertiary/aromatic N) is 1. The summed E-state index contributed by atoms with van der Waals surface area (Å²) in [7, 11) is 0. The monoisotopic (exact) mass is 336 g/mol. The van der Waals surface area contributed by atoms with Crippen molar-refractivity contribution in [2.75, 3.05) is 0 Å². The van der Waals surface area contributed by atoms with E-state index < -0.39 is 5.82 Å². The number of benzene rings is 1. The molecule has 0 spiro atoms. The van der Waals surface area contributed by atoms with Gasteiger partial charge in [0.2, 0.25) is 5.91 Å². The fourth-order valence-corrected chi connectivity index (χ4v) is 2.96. The van der Waals surface area contributed by atoms with Gasteiger partial charge in [0, 0.05) is 23.9 Å². The van der Waals surface area contributed by atoms with Crippen molar-refractivity contribution in [2.24, 2.45) is 0 Å². The molecule has 1 fully saturated rings. The van der Waals surface area contributed by atoms with Crippen molar-refractivity contribution in [3.05, 3.63) is 51.6 Å². The smallest absolute Gasteiger partial charge is 0.220 e. The van der Waals surface area contributed by atoms with Gasteiger partial charge < -0.3 is 9.84 Å². The maximum absolute atomic E-state index is 13.5. The lowest BCUT2D eigenvalue weighted by molar-refractivity contribution is -0.121. The molecule has 1 aromatic heterocycles. The molecule has 1 N–H and O–H groups in total. The van der Waals surface area contributed by atoms with Gasteiger partial charge in [0.15, 0.2) is 0 Å². The minimum absolute atomic E-state index is 0.00747. The third-order valence-electron chi connectivity index (χ3n) is 4.29. The van der Waals surface area contributed by atoms with Crippen LogP contribution in [0.25, 0.3) is 0 Å². The molecular weight excluding hydrogens is 319 g/mol. The molecule has 0 saturated heterocycles. The molecule has 3 rings (SSSR count). The highest BCUT2D eigenvalue weighted by atomic mass is 35.5. The third kappa shape index (κ3) is 3.55. The minimum Gasteiger partial charge on any atom is -0.361 e. The standard InChI is InChI=1S/C17H18ClFN2O2/c1-9-12(10(2)23-21-9)4-6-17(22)20-16-8-13(16)11-3-5-14(18)15(19)7-11/h3,5,7,13,16H,4,6,8H2,1-2H3,(H,20,22)/t13-,16+/m0/s1. The first-order valence-corrected chi connectivity index (χ1v) is 7.99. The van der Waals surface area contributed by atoms with E-state index in [1.165, 1.54) is 6.07 Å². The fraction of sp³-hybridized carbons (Fsp3) is 0.412. The average molecular weight is 337 g/mol. The van der Waals surface area contributed by atoms with Gasteiger partial charge in [-0.05, 0) is 44.4 Å². The summed E-state index contributed by atoms with van der Waals surface area (Å²) < 4.78 is 18.6. The summed E-state index contributed by atoms with van der Waals surface area (Å²) in [4.78, 5) is 12.1. The van der Waals surface area contributed by atoms with Crippen LogP contribution in [0, 0.1) is 19.7 Å². The maximum atomic E-state index is 13.5. The summed E-state index contributed by atoms with van der Waals surface area (Å²) in [5.74, 6) is 0.507. The van der Waals surface area contributed by atoms with E-state index in [0.717, 1.165) is 29.0 Å². The zero-order valence-electron chi connectivity index (χ0n) is 13.0. The van der Waals surface area contributed by atoms with E-state index in [-0.39, 0.29) is 22.9 Å². The Morgan fingerprint density at radius 2 is 2.26 bits per heavy atom. The summed E-state index contributed by atoms with van der Waals surface area (Å²) in [5.41, 5.74) is 2.70. The van der Waals surface area contributed by atoms with Gasteiger partial charge in [0.05, 0.1) is 10.7 Å². The number of rotatable bonds is 5. The summed E-state index contributed by atoms with van der Waals surface area (Å²) >= 11 is 5.68. The number of nitrogens with one attached hydrogen (secondary N) is 1. The highest BCUT2D eigenvalue weighted by molar-refractivity contribution is 6.30. The predicted octanol–water partition coefficient (Wildman–Crippen LogP) is 3.69. The Morgan fingerprint density at radius 1 is 1.48 bits per heavy atom. The van der Waals surface area contributed by atoms with E-state index in [0.29, 0.717) is 12.8 Å². The molecule has 4 nitrogen and oxygen atoms in total. The quantitative estimate of drug-likeness (QED) is 0.906. The summed E-state index contributed by atoms with van der Waals surface area (Å²) in [6, 6.07) is 4.89. The van der Waals surface area contributed by atoms with E-state index >= 15 is 0 Å². The number of halogens is 2. The number of aromatic nitrogens is 1. The molecule has 1 aliphatic rings. The Labute approximate surface area is 139 Å². The predicted molar refractivity (Wildman–Crippen MR) is 85.0 cm³/mol. The Hall–Kier alpha value is -1.88. The molecule has 2 aromatic rings. The third-order valence-corrected chi connectivity index (χ3v) is 4.60. The molecule has 0 aliphatic heterocycles. The van der Waals surface area contributed by atoms with Gasteiger partial charge in [-0.25, -0.2) is 4.39 Å². The number of carbonyl (C=O) groups excluding carboxylic acids is 1. The van der Waals surface area contributed by atoms with Crippen molar-refractivity contribution in [3.63, 3.8) is 0 Å². The molecule has 0 radical (unpaired) electrons. The molecule has 1 aromatic carbocycles. The number of aryl methyl sites for hydroxylation is 2. The lowest BCUT2D eigenvalue weighted by Gasteiger charge is -2.05. The van der Waals surface area contributed by atoms with Crippen LogP contribution in [-0.4, -0.2) is 17.1 Å². The second-order valence-electron chi connectivity index (χ2n) is 5.99. The van der Waals surface area contributed by atoms with E-state index in [2.05, 4.69) is 10.5 Å². The second kappa shape index (κ2) is 6.32. The van der Waals surface area contributed by atoms with Gasteiger partial charge in [-0.15, -0.1) is 0 Å². The van der Waals surface area contributed by atoms with E-state index in [1.807, 2.05) is 19.9 Å². The van der Waals surface area contributed by atoms with Crippen LogP contribution < -0.4 is 5.32 Å². The molecule has 1 aliphatic carbocycles. The van der Waals surface area contributed by atoms with Crippen molar-refractivity contribution in [3.8, 4) is 0 Å². The average Bonchev–Trinajstić information content (AvgIpc) is 3.19. The van der Waals surface area contributed by atoms with Gasteiger partial charge in [-0.2, -0.15) is 0 Å². The molecule has 0 unspecified atom stereocenters. The molecule has 1 amide bonds. The minimum atomic E-state index is -0.417. The topological polar surface area (TPSA) is 55.1 Å². The number of carbonyl (C=O) groups is 1. The summed E-state index contributed by atoms with van der Waals surface area (Å²) in [6.45, 7) is 3.72. The molecule has 0 bridgehead atoms. The Bertz CT molecular complexity index is 725. The molecule has 2 atom stereocenters. The fourth-order valence-electron chi connectivity index (χ4n) is 2.84. The highest BCUT2D eigenvalue weighted by Crippen LogP contribution is 2.41. The van der Waals surface area contributed by atoms with E-state index in [1.54, 1.807) is 6.07 Å². The van der Waals surface area contributed by atoms with Crippen molar-refractivity contribution in [1.29, 1.82) is 0 Å². The molecule has 1 heterocycles. The maximum Gasteiger partial charge on any atom is 0.220 e. The van der Waals surface area contributed by atoms with Gasteiger partial charge in [0.25, 0.3) is 0 Å². The first-order chi connectivity index (χ1) is 11.0. The lowest BCUT2D eigenvalue weighted by Crippen LogP contribution is -2.26. The van der Waals surface area contributed by atoms with Crippen molar-refractivity contribution < 1.29 is 13.7 Å². The summed E-state index contributed by atoms with van der Waals surface area (Å²) in [5, 5.41) is 6.99. The lowest BCUT2D eigenvalue weighted by atomic mass is 10.1. The van der Waals surface area contributed by atoms with Crippen molar-refractivity contribution in [1.82, 2.24) is 10.5 Å². The molecule has 122 valence electrons. The normalized spacial score (nSPS) is 19.7. The van der Waals surface area contributed by atoms with Crippen LogP contribution in [0.1, 0.15) is 41.3 Å². The number of hydrogen-bond donors (Lipinski definition) is 1. The van der Waals surface area contributed by atoms with Crippen LogP contribution in [0.5, 0.6) is 0 Å². The Morgan fingerprint density at radius 3 is 2.91 bits per heavy atom. The largest absolute Gasteiger partial charge is 0.361 e. The first-order valence-electron chi connectivity index (χ1n) is 7.61. The van der Waals surface area contributed by atoms with Crippen LogP contribution in [-0.2, 0) is 11.2 Å². The van der Waals surface area contributed by atoms with E-state index in [9.17, 15) is 9.18 Å². The zero-order chi connectivity index (χ0) is 16.6. The number of amides is 1. The molecule has 23 heavy (non-hydrogen) atoms. The van der Waals surface area contributed by atoms with Crippen LogP contribution in [0.2, 0.25) is 5.02 Å². The SMILES string of the molecule is Cc1noc(C)c1CCC(=O)N[C@@H]1C[C@H]1c1ccc(Cl)c(F)c1. The van der Waals surface area contributed by atoms with Crippen LogP contribution in [0.15, 0.2) is 22.7 Å². The van der Waals surface area contributed by atoms with Gasteiger partial charge in [-0.1, -0.05) is 22.8 Å². The number of hydrogen-bond acceptors (Lipinski definition) is 3. The molecular formula is C17H18ClFN2O2. The van der Waals surface area contributed by atoms with Crippen molar-refractivity contribution in [2.45, 2.75) is 45.1 Å². The Kier molecular flexibility index (Phi) is 4.39. The molecule has 1 saturated carbocycles. The van der Waals surface area contributed by atoms with Crippen LogP contribution >= 0.6 is 11.6 Å². The Balaban J connectivity index is 1.51. The molecule has 6 heteroatoms. The van der Waals surface area contributed by atoms with Crippen LogP contribution in [0.3, 0.4) is 0 Å². The highest BCUT2D eigenvalue weighted by Gasteiger charge is 2.39. The first kappa shape index (κ1) is 16.0. The zero-order valence-corrected chi connectivity index (χ0v) is 13.8. The second-order valence-corrected chi connectivity index (χ2v) is 6.40. The van der Waals surface area contributed by atoms with Crippen molar-refractivity contribution >= 4 is 17.5 Å².